The van der Waals surface area contributed by atoms with Crippen LogP contribution in [0.25, 0.3) is 0 Å². The first-order valence-corrected chi connectivity index (χ1v) is 10.0. The summed E-state index contributed by atoms with van der Waals surface area (Å²) in [5, 5.41) is 13.2. The third-order valence-electron chi connectivity index (χ3n) is 4.39. The Kier molecular flexibility index (Phi) is 16.6. The summed E-state index contributed by atoms with van der Waals surface area (Å²) >= 11 is 0. The average molecular weight is 357 g/mol. The Bertz CT molecular complexity index is 337. The van der Waals surface area contributed by atoms with Gasteiger partial charge in [0, 0.05) is 6.54 Å². The average Bonchev–Trinajstić information content (AvgIpc) is 2.60. The molecule has 6 heteroatoms. The molecule has 5 N–H and O–H groups in total. The van der Waals surface area contributed by atoms with Gasteiger partial charge in [-0.15, -0.1) is 0 Å². The largest absolute Gasteiger partial charge is 0.468 e. The van der Waals surface area contributed by atoms with Crippen LogP contribution < -0.4 is 16.4 Å². The topological polar surface area (TPSA) is 100 Å². The number of esters is 1. The van der Waals surface area contributed by atoms with Gasteiger partial charge < -0.3 is 21.1 Å². The summed E-state index contributed by atoms with van der Waals surface area (Å²) in [6, 6.07) is -0.266. The molecule has 0 heterocycles. The molecule has 0 radical (unpaired) electrons. The summed E-state index contributed by atoms with van der Waals surface area (Å²) in [5.74, 6) is -0.247. The third-order valence-corrected chi connectivity index (χ3v) is 4.39. The molecular weight excluding hydrogens is 316 g/mol. The van der Waals surface area contributed by atoms with Crippen molar-refractivity contribution in [3.63, 3.8) is 0 Å². The summed E-state index contributed by atoms with van der Waals surface area (Å²) in [6.45, 7) is 3.70. The van der Waals surface area contributed by atoms with E-state index in [1.807, 2.05) is 0 Å². The molecule has 1 atom stereocenters. The zero-order valence-electron chi connectivity index (χ0n) is 16.4. The minimum atomic E-state index is -0.266. The first kappa shape index (κ1) is 23.7. The van der Waals surface area contributed by atoms with Crippen molar-refractivity contribution < 1.29 is 9.53 Å². The first-order chi connectivity index (χ1) is 12.1. The van der Waals surface area contributed by atoms with E-state index in [4.69, 9.17) is 15.9 Å². The summed E-state index contributed by atoms with van der Waals surface area (Å²) < 4.78 is 4.85. The van der Waals surface area contributed by atoms with E-state index in [-0.39, 0.29) is 18.0 Å². The number of nitrogens with two attached hydrogens (primary N) is 1. The van der Waals surface area contributed by atoms with Crippen molar-refractivity contribution in [1.29, 1.82) is 5.41 Å². The highest BCUT2D eigenvalue weighted by Crippen LogP contribution is 2.10. The molecule has 0 aliphatic carbocycles. The minimum absolute atomic E-state index is 0.0343. The van der Waals surface area contributed by atoms with Crippen molar-refractivity contribution >= 4 is 11.9 Å². The van der Waals surface area contributed by atoms with Crippen molar-refractivity contribution in [3.8, 4) is 0 Å². The van der Waals surface area contributed by atoms with E-state index >= 15 is 0 Å². The lowest BCUT2D eigenvalue weighted by atomic mass is 10.1. The van der Waals surface area contributed by atoms with Crippen LogP contribution >= 0.6 is 0 Å². The molecule has 148 valence electrons. The Morgan fingerprint density at radius 1 is 0.960 bits per heavy atom. The van der Waals surface area contributed by atoms with Crippen LogP contribution in [0.4, 0.5) is 0 Å². The summed E-state index contributed by atoms with van der Waals surface area (Å²) in [7, 11) is 1.42. The smallest absolute Gasteiger partial charge is 0.322 e. The fourth-order valence-electron chi connectivity index (χ4n) is 2.86. The molecule has 0 saturated heterocycles. The zero-order chi connectivity index (χ0) is 18.8. The van der Waals surface area contributed by atoms with Crippen LogP contribution in [0, 0.1) is 5.41 Å². The van der Waals surface area contributed by atoms with Gasteiger partial charge in [-0.25, -0.2) is 0 Å². The van der Waals surface area contributed by atoms with Crippen molar-refractivity contribution in [2.24, 2.45) is 5.73 Å². The van der Waals surface area contributed by atoms with E-state index in [1.54, 1.807) is 0 Å². The van der Waals surface area contributed by atoms with Crippen molar-refractivity contribution in [1.82, 2.24) is 10.6 Å². The Morgan fingerprint density at radius 3 is 2.04 bits per heavy atom. The van der Waals surface area contributed by atoms with Gasteiger partial charge in [-0.1, -0.05) is 64.7 Å². The molecule has 0 saturated carbocycles. The molecule has 0 aliphatic heterocycles. The quantitative estimate of drug-likeness (QED) is 0.139. The number of carbonyl (C=O) groups is 1. The fraction of sp³-hybridized carbons (Fsp3) is 0.895. The predicted octanol–water partition coefficient (Wildman–Crippen LogP) is 3.30. The number of ether oxygens (including phenoxy) is 1. The predicted molar refractivity (Wildman–Crippen MR) is 105 cm³/mol. The van der Waals surface area contributed by atoms with Gasteiger partial charge in [0.2, 0.25) is 0 Å². The van der Waals surface area contributed by atoms with E-state index in [0.717, 1.165) is 19.4 Å². The van der Waals surface area contributed by atoms with Gasteiger partial charge in [-0.2, -0.15) is 0 Å². The van der Waals surface area contributed by atoms with Gasteiger partial charge >= 0.3 is 5.97 Å². The monoisotopic (exact) mass is 356 g/mol. The van der Waals surface area contributed by atoms with Crippen LogP contribution in [0.5, 0.6) is 0 Å². The van der Waals surface area contributed by atoms with Gasteiger partial charge in [-0.05, 0) is 25.8 Å². The molecule has 0 bridgehead atoms. The highest BCUT2D eigenvalue weighted by Gasteiger charge is 2.17. The van der Waals surface area contributed by atoms with Crippen LogP contribution in [0.15, 0.2) is 0 Å². The van der Waals surface area contributed by atoms with Gasteiger partial charge in [0.05, 0.1) is 7.11 Å². The van der Waals surface area contributed by atoms with Gasteiger partial charge in [0.15, 0.2) is 5.96 Å². The maximum atomic E-state index is 11.8. The molecule has 25 heavy (non-hydrogen) atoms. The summed E-state index contributed by atoms with van der Waals surface area (Å²) in [6.07, 6.45) is 14.5. The summed E-state index contributed by atoms with van der Waals surface area (Å²) in [4.78, 5) is 11.8. The Labute approximate surface area is 154 Å². The molecule has 0 unspecified atom stereocenters. The lowest BCUT2D eigenvalue weighted by molar-refractivity contribution is -0.143. The molecule has 0 aromatic heterocycles. The fourth-order valence-corrected chi connectivity index (χ4v) is 2.86. The molecule has 6 nitrogen and oxygen atoms in total. The van der Waals surface area contributed by atoms with Gasteiger partial charge in [0.25, 0.3) is 0 Å². The number of nitrogens with one attached hydrogen (secondary N) is 3. The molecule has 0 fully saturated rings. The Hall–Kier alpha value is -1.30. The van der Waals surface area contributed by atoms with Crippen LogP contribution in [-0.2, 0) is 9.53 Å². The van der Waals surface area contributed by atoms with Crippen molar-refractivity contribution in [2.75, 3.05) is 20.2 Å². The van der Waals surface area contributed by atoms with Gasteiger partial charge in [-0.3, -0.25) is 10.2 Å². The Balaban J connectivity index is 3.60. The van der Waals surface area contributed by atoms with E-state index in [9.17, 15) is 4.79 Å². The second-order valence-electron chi connectivity index (χ2n) is 6.69. The minimum Gasteiger partial charge on any atom is -0.468 e. The SMILES string of the molecule is CCCCCCCCCCCCN[C@@H](CCCNC(=N)N)C(=O)OC. The van der Waals surface area contributed by atoms with Crippen molar-refractivity contribution in [2.45, 2.75) is 90.0 Å². The lowest BCUT2D eigenvalue weighted by Gasteiger charge is -2.16. The molecule has 0 aliphatic rings. The number of guanidine groups is 1. The number of rotatable bonds is 17. The zero-order valence-corrected chi connectivity index (χ0v) is 16.4. The highest BCUT2D eigenvalue weighted by atomic mass is 16.5. The van der Waals surface area contributed by atoms with E-state index < -0.39 is 0 Å². The van der Waals surface area contributed by atoms with Crippen molar-refractivity contribution in [3.05, 3.63) is 0 Å². The lowest BCUT2D eigenvalue weighted by Crippen LogP contribution is -2.39. The van der Waals surface area contributed by atoms with Crippen LogP contribution in [-0.4, -0.2) is 38.2 Å². The summed E-state index contributed by atoms with van der Waals surface area (Å²) in [5.41, 5.74) is 5.24. The normalized spacial score (nSPS) is 11.9. The maximum absolute atomic E-state index is 11.8. The molecular formula is C19H40N4O2. The number of methoxy groups -OCH3 is 1. The molecule has 0 aromatic rings. The second-order valence-corrected chi connectivity index (χ2v) is 6.69. The number of hydrogen-bond donors (Lipinski definition) is 4. The highest BCUT2D eigenvalue weighted by molar-refractivity contribution is 5.75. The van der Waals surface area contributed by atoms with Crippen LogP contribution in [0.2, 0.25) is 0 Å². The number of unbranched alkanes of at least 4 members (excludes halogenated alkanes) is 9. The molecule has 0 spiro atoms. The molecule has 0 aromatic carbocycles. The van der Waals surface area contributed by atoms with Crippen LogP contribution in [0.1, 0.15) is 84.0 Å². The van der Waals surface area contributed by atoms with E-state index in [0.29, 0.717) is 13.0 Å². The van der Waals surface area contributed by atoms with Crippen LogP contribution in [0.3, 0.4) is 0 Å². The molecule has 0 amide bonds. The number of hydrogen-bond acceptors (Lipinski definition) is 4. The van der Waals surface area contributed by atoms with E-state index in [1.165, 1.54) is 64.9 Å². The first-order valence-electron chi connectivity index (χ1n) is 10.0. The maximum Gasteiger partial charge on any atom is 0.322 e. The number of carbonyl (C=O) groups excluding carboxylic acids is 1. The van der Waals surface area contributed by atoms with Gasteiger partial charge in [0.1, 0.15) is 6.04 Å². The molecule has 0 rings (SSSR count). The second kappa shape index (κ2) is 17.5. The standard InChI is InChI=1S/C19H40N4O2/c1-3-4-5-6-7-8-9-10-11-12-15-22-17(18(24)25-2)14-13-16-23-19(20)21/h17,22H,3-16H2,1-2H3,(H4,20,21,23)/t17-/m0/s1. The third kappa shape index (κ3) is 15.9. The van der Waals surface area contributed by atoms with E-state index in [2.05, 4.69) is 17.6 Å². The Morgan fingerprint density at radius 2 is 1.52 bits per heavy atom.